The van der Waals surface area contributed by atoms with Gasteiger partial charge in [-0.3, -0.25) is 14.9 Å². The van der Waals surface area contributed by atoms with Crippen LogP contribution in [0.2, 0.25) is 0 Å². The molecule has 10 heteroatoms. The normalized spacial score (nSPS) is 10.0. The van der Waals surface area contributed by atoms with Gasteiger partial charge in [0.05, 0.1) is 33.4 Å². The second-order valence-corrected chi connectivity index (χ2v) is 6.44. The van der Waals surface area contributed by atoms with Crippen LogP contribution < -0.4 is 29.6 Å². The van der Waals surface area contributed by atoms with E-state index in [0.717, 1.165) is 0 Å². The maximum absolute atomic E-state index is 12.0. The number of nitrogens with one attached hydrogen (secondary N) is 2. The largest absolute Gasteiger partial charge is 0.493 e. The lowest BCUT2D eigenvalue weighted by atomic mass is 10.2. The number of anilines is 1. The minimum atomic E-state index is -0.776. The number of hydrogen-bond donors (Lipinski definition) is 2. The van der Waals surface area contributed by atoms with Crippen molar-refractivity contribution in [1.29, 1.82) is 0 Å². The number of carbonyl (C=O) groups excluding carboxylic acids is 3. The Kier molecular flexibility index (Phi) is 10.3. The molecule has 0 aromatic heterocycles. The van der Waals surface area contributed by atoms with Gasteiger partial charge in [-0.2, -0.15) is 0 Å². The quantitative estimate of drug-likeness (QED) is 0.463. The van der Waals surface area contributed by atoms with E-state index >= 15 is 0 Å². The summed E-state index contributed by atoms with van der Waals surface area (Å²) < 4.78 is 26.4. The molecule has 2 rings (SSSR count). The first kappa shape index (κ1) is 25.3. The number of ether oxygens (including phenoxy) is 5. The molecule has 0 aliphatic carbocycles. The van der Waals surface area contributed by atoms with Gasteiger partial charge in [0.2, 0.25) is 0 Å². The van der Waals surface area contributed by atoms with Crippen LogP contribution in [0.3, 0.4) is 0 Å². The monoisotopic (exact) mass is 460 g/mol. The Morgan fingerprint density at radius 1 is 0.848 bits per heavy atom. The summed E-state index contributed by atoms with van der Waals surface area (Å²) in [6.45, 7) is 4.00. The van der Waals surface area contributed by atoms with Crippen LogP contribution in [-0.4, -0.2) is 51.4 Å². The van der Waals surface area contributed by atoms with Gasteiger partial charge >= 0.3 is 12.0 Å². The summed E-state index contributed by atoms with van der Waals surface area (Å²) >= 11 is 0. The third-order valence-electron chi connectivity index (χ3n) is 4.05. The van der Waals surface area contributed by atoms with E-state index in [-0.39, 0.29) is 13.0 Å². The van der Waals surface area contributed by atoms with Gasteiger partial charge in [-0.1, -0.05) is 12.1 Å². The lowest BCUT2D eigenvalue weighted by Gasteiger charge is -2.13. The minimum Gasteiger partial charge on any atom is -0.493 e. The van der Waals surface area contributed by atoms with E-state index in [1.807, 2.05) is 13.8 Å². The summed E-state index contributed by atoms with van der Waals surface area (Å²) in [6.07, 6.45) is -0.0795. The van der Waals surface area contributed by atoms with E-state index in [1.54, 1.807) is 42.5 Å². The molecule has 0 radical (unpaired) electrons. The lowest BCUT2D eigenvalue weighted by molar-refractivity contribution is -0.148. The molecule has 2 N–H and O–H groups in total. The molecule has 10 nitrogen and oxygen atoms in total. The fourth-order valence-electron chi connectivity index (χ4n) is 2.65. The second kappa shape index (κ2) is 13.5. The zero-order valence-electron chi connectivity index (χ0n) is 18.8. The van der Waals surface area contributed by atoms with E-state index in [2.05, 4.69) is 10.6 Å². The standard InChI is InChI=1S/C23H28N2O8/c1-4-30-19-11-10-16(14-20(19)31-5-2)24-23(28)25-21(26)15-33-22(27)12-13-32-18-9-7-6-8-17(18)29-3/h6-11,14H,4-5,12-13,15H2,1-3H3,(H2,24,25,26,28). The molecule has 0 saturated heterocycles. The highest BCUT2D eigenvalue weighted by molar-refractivity contribution is 6.02. The first-order valence-electron chi connectivity index (χ1n) is 10.4. The summed E-state index contributed by atoms with van der Waals surface area (Å²) in [5.41, 5.74) is 0.401. The van der Waals surface area contributed by atoms with Gasteiger partial charge in [0.25, 0.3) is 5.91 Å². The van der Waals surface area contributed by atoms with Crippen molar-refractivity contribution >= 4 is 23.6 Å². The van der Waals surface area contributed by atoms with Crippen molar-refractivity contribution in [2.24, 2.45) is 0 Å². The van der Waals surface area contributed by atoms with Gasteiger partial charge in [0.1, 0.15) is 0 Å². The Morgan fingerprint density at radius 3 is 2.21 bits per heavy atom. The Balaban J connectivity index is 1.73. The molecule has 0 bridgehead atoms. The number of hydrogen-bond acceptors (Lipinski definition) is 8. The van der Waals surface area contributed by atoms with E-state index in [9.17, 15) is 14.4 Å². The molecule has 2 aromatic carbocycles. The highest BCUT2D eigenvalue weighted by Crippen LogP contribution is 2.30. The number of carbonyl (C=O) groups is 3. The Labute approximate surface area is 192 Å². The third-order valence-corrected chi connectivity index (χ3v) is 4.05. The van der Waals surface area contributed by atoms with E-state index in [0.29, 0.717) is 41.9 Å². The van der Waals surface area contributed by atoms with Crippen molar-refractivity contribution in [2.45, 2.75) is 20.3 Å². The van der Waals surface area contributed by atoms with Crippen LogP contribution in [0.5, 0.6) is 23.0 Å². The number of esters is 1. The molecule has 0 aliphatic heterocycles. The molecule has 178 valence electrons. The Hall–Kier alpha value is -3.95. The van der Waals surface area contributed by atoms with Gasteiger partial charge in [-0.25, -0.2) is 4.79 Å². The van der Waals surface area contributed by atoms with Gasteiger partial charge in [-0.15, -0.1) is 0 Å². The van der Waals surface area contributed by atoms with E-state index in [1.165, 1.54) is 7.11 Å². The molecular weight excluding hydrogens is 432 g/mol. The number of para-hydroxylation sites is 2. The Morgan fingerprint density at radius 2 is 1.52 bits per heavy atom. The molecule has 0 saturated carbocycles. The van der Waals surface area contributed by atoms with Crippen LogP contribution >= 0.6 is 0 Å². The fraction of sp³-hybridized carbons (Fsp3) is 0.348. The zero-order valence-corrected chi connectivity index (χ0v) is 18.8. The second-order valence-electron chi connectivity index (χ2n) is 6.44. The topological polar surface area (TPSA) is 121 Å². The fourth-order valence-corrected chi connectivity index (χ4v) is 2.65. The molecule has 2 aromatic rings. The molecule has 0 fully saturated rings. The van der Waals surface area contributed by atoms with Gasteiger partial charge in [0, 0.05) is 11.8 Å². The van der Waals surface area contributed by atoms with E-state index in [4.69, 9.17) is 23.7 Å². The van der Waals surface area contributed by atoms with Crippen LogP contribution in [0, 0.1) is 0 Å². The molecule has 3 amide bonds. The number of methoxy groups -OCH3 is 1. The maximum atomic E-state index is 12.0. The SMILES string of the molecule is CCOc1ccc(NC(=O)NC(=O)COC(=O)CCOc2ccccc2OC)cc1OCC. The average molecular weight is 460 g/mol. The summed E-state index contributed by atoms with van der Waals surface area (Å²) in [7, 11) is 1.51. The van der Waals surface area contributed by atoms with Crippen LogP contribution in [-0.2, 0) is 14.3 Å². The number of imide groups is 1. The molecule has 0 unspecified atom stereocenters. The van der Waals surface area contributed by atoms with Gasteiger partial charge in [0.15, 0.2) is 29.6 Å². The summed E-state index contributed by atoms with van der Waals surface area (Å²) in [5, 5.41) is 4.60. The maximum Gasteiger partial charge on any atom is 0.325 e. The number of urea groups is 1. The minimum absolute atomic E-state index is 0.0429. The van der Waals surface area contributed by atoms with Crippen molar-refractivity contribution in [3.8, 4) is 23.0 Å². The highest BCUT2D eigenvalue weighted by atomic mass is 16.5. The first-order chi connectivity index (χ1) is 16.0. The van der Waals surface area contributed by atoms with Crippen molar-refractivity contribution < 1.29 is 38.1 Å². The lowest BCUT2D eigenvalue weighted by Crippen LogP contribution is -2.37. The molecule has 0 spiro atoms. The molecule has 33 heavy (non-hydrogen) atoms. The average Bonchev–Trinajstić information content (AvgIpc) is 2.80. The molecular formula is C23H28N2O8. The van der Waals surface area contributed by atoms with E-state index < -0.39 is 24.5 Å². The third kappa shape index (κ3) is 8.60. The molecule has 0 aliphatic rings. The number of amides is 3. The highest BCUT2D eigenvalue weighted by Gasteiger charge is 2.13. The van der Waals surface area contributed by atoms with Gasteiger partial charge < -0.3 is 29.0 Å². The van der Waals surface area contributed by atoms with Crippen molar-refractivity contribution in [3.05, 3.63) is 42.5 Å². The van der Waals surface area contributed by atoms with Crippen LogP contribution in [0.4, 0.5) is 10.5 Å². The van der Waals surface area contributed by atoms with Crippen LogP contribution in [0.25, 0.3) is 0 Å². The smallest absolute Gasteiger partial charge is 0.325 e. The van der Waals surface area contributed by atoms with Crippen LogP contribution in [0.1, 0.15) is 20.3 Å². The number of benzene rings is 2. The van der Waals surface area contributed by atoms with Crippen molar-refractivity contribution in [3.63, 3.8) is 0 Å². The summed E-state index contributed by atoms with van der Waals surface area (Å²) in [6, 6.07) is 11.1. The number of rotatable bonds is 12. The zero-order chi connectivity index (χ0) is 24.1. The Bertz CT molecular complexity index is 948. The molecule has 0 heterocycles. The summed E-state index contributed by atoms with van der Waals surface area (Å²) in [4.78, 5) is 35.8. The molecule has 0 atom stereocenters. The van der Waals surface area contributed by atoms with Crippen molar-refractivity contribution in [2.75, 3.05) is 38.9 Å². The van der Waals surface area contributed by atoms with Crippen LogP contribution in [0.15, 0.2) is 42.5 Å². The van der Waals surface area contributed by atoms with Crippen molar-refractivity contribution in [1.82, 2.24) is 5.32 Å². The summed E-state index contributed by atoms with van der Waals surface area (Å²) in [5.74, 6) is 0.618. The van der Waals surface area contributed by atoms with Gasteiger partial charge in [-0.05, 0) is 38.1 Å². The predicted octanol–water partition coefficient (Wildman–Crippen LogP) is 3.15. The first-order valence-corrected chi connectivity index (χ1v) is 10.4. The predicted molar refractivity (Wildman–Crippen MR) is 120 cm³/mol.